The highest BCUT2D eigenvalue weighted by Crippen LogP contribution is 2.25. The molecule has 3 heterocycles. The third-order valence-electron chi connectivity index (χ3n) is 3.36. The molecular formula is C18H16N2O3S2. The van der Waals surface area contributed by atoms with E-state index in [1.165, 1.54) is 17.6 Å². The maximum Gasteiger partial charge on any atom is 0.291 e. The lowest BCUT2D eigenvalue weighted by atomic mass is 10.3. The number of rotatable bonds is 7. The molecule has 0 saturated heterocycles. The van der Waals surface area contributed by atoms with Gasteiger partial charge in [0.15, 0.2) is 5.76 Å². The van der Waals surface area contributed by atoms with E-state index in [4.69, 9.17) is 4.42 Å². The first kappa shape index (κ1) is 17.2. The van der Waals surface area contributed by atoms with E-state index < -0.39 is 0 Å². The van der Waals surface area contributed by atoms with Crippen LogP contribution in [0, 0.1) is 0 Å². The largest absolute Gasteiger partial charge is 0.459 e. The first-order valence-corrected chi connectivity index (χ1v) is 9.24. The lowest BCUT2D eigenvalue weighted by Gasteiger charge is -2.19. The molecule has 7 heteroatoms. The van der Waals surface area contributed by atoms with Gasteiger partial charge in [0, 0.05) is 11.4 Å². The fraction of sp³-hybridized carbons (Fsp3) is 0.111. The highest BCUT2D eigenvalue weighted by molar-refractivity contribution is 7.18. The van der Waals surface area contributed by atoms with Crippen molar-refractivity contribution in [1.29, 1.82) is 0 Å². The van der Waals surface area contributed by atoms with E-state index in [2.05, 4.69) is 11.9 Å². The second-order valence-electron chi connectivity index (χ2n) is 5.15. The van der Waals surface area contributed by atoms with Gasteiger partial charge in [0.2, 0.25) is 0 Å². The van der Waals surface area contributed by atoms with Gasteiger partial charge in [0.1, 0.15) is 0 Å². The van der Waals surface area contributed by atoms with Crippen LogP contribution in [0.15, 0.2) is 65.1 Å². The Labute approximate surface area is 153 Å². The molecule has 0 saturated carbocycles. The monoisotopic (exact) mass is 372 g/mol. The Hall–Kier alpha value is -2.64. The first-order valence-electron chi connectivity index (χ1n) is 7.54. The second kappa shape index (κ2) is 7.96. The number of thiophene rings is 2. The van der Waals surface area contributed by atoms with E-state index in [0.29, 0.717) is 23.0 Å². The van der Waals surface area contributed by atoms with Gasteiger partial charge in [0.25, 0.3) is 11.8 Å². The summed E-state index contributed by atoms with van der Waals surface area (Å²) in [6.07, 6.45) is 3.15. The van der Waals surface area contributed by atoms with Crippen molar-refractivity contribution in [3.8, 4) is 0 Å². The summed E-state index contributed by atoms with van der Waals surface area (Å²) >= 11 is 2.85. The molecule has 0 aromatic carbocycles. The van der Waals surface area contributed by atoms with Crippen molar-refractivity contribution in [2.45, 2.75) is 6.54 Å². The van der Waals surface area contributed by atoms with Gasteiger partial charge in [-0.15, -0.1) is 29.3 Å². The Morgan fingerprint density at radius 1 is 1.24 bits per heavy atom. The lowest BCUT2D eigenvalue weighted by Crippen LogP contribution is -2.29. The fourth-order valence-corrected chi connectivity index (χ4v) is 3.81. The van der Waals surface area contributed by atoms with Gasteiger partial charge in [-0.05, 0) is 35.7 Å². The quantitative estimate of drug-likeness (QED) is 0.622. The van der Waals surface area contributed by atoms with Crippen molar-refractivity contribution < 1.29 is 14.0 Å². The summed E-state index contributed by atoms with van der Waals surface area (Å²) in [7, 11) is 0. The van der Waals surface area contributed by atoms with Crippen LogP contribution < -0.4 is 5.32 Å². The van der Waals surface area contributed by atoms with Crippen LogP contribution in [-0.2, 0) is 6.54 Å². The summed E-state index contributed by atoms with van der Waals surface area (Å²) < 4.78 is 5.06. The molecule has 128 valence electrons. The van der Waals surface area contributed by atoms with E-state index in [-0.39, 0.29) is 17.6 Å². The summed E-state index contributed by atoms with van der Waals surface area (Å²) in [6, 6.07) is 10.6. The Kier molecular flexibility index (Phi) is 5.47. The average Bonchev–Trinajstić information content (AvgIpc) is 3.36. The van der Waals surface area contributed by atoms with Gasteiger partial charge in [-0.3, -0.25) is 9.59 Å². The highest BCUT2D eigenvalue weighted by Gasteiger charge is 2.18. The normalized spacial score (nSPS) is 10.4. The molecular weight excluding hydrogens is 356 g/mol. The minimum Gasteiger partial charge on any atom is -0.459 e. The first-order chi connectivity index (χ1) is 12.2. The summed E-state index contributed by atoms with van der Waals surface area (Å²) in [5.41, 5.74) is 0. The van der Waals surface area contributed by atoms with Crippen molar-refractivity contribution >= 4 is 39.5 Å². The van der Waals surface area contributed by atoms with Crippen molar-refractivity contribution in [3.05, 3.63) is 76.2 Å². The number of anilines is 1. The molecule has 0 aliphatic rings. The van der Waals surface area contributed by atoms with E-state index >= 15 is 0 Å². The zero-order valence-electron chi connectivity index (χ0n) is 13.3. The molecule has 2 amide bonds. The Morgan fingerprint density at radius 3 is 2.80 bits per heavy atom. The molecule has 3 aromatic rings. The zero-order chi connectivity index (χ0) is 17.6. The molecule has 0 bridgehead atoms. The number of furan rings is 1. The fourth-order valence-electron chi connectivity index (χ4n) is 2.22. The number of hydrogen-bond donors (Lipinski definition) is 1. The number of carbonyl (C=O) groups excluding carboxylic acids is 2. The van der Waals surface area contributed by atoms with Crippen LogP contribution in [0.5, 0.6) is 0 Å². The third-order valence-corrected chi connectivity index (χ3v) is 5.21. The molecule has 0 atom stereocenters. The number of amides is 2. The second-order valence-corrected chi connectivity index (χ2v) is 7.27. The molecule has 3 aromatic heterocycles. The van der Waals surface area contributed by atoms with Crippen LogP contribution in [0.4, 0.5) is 5.00 Å². The summed E-state index contributed by atoms with van der Waals surface area (Å²) in [6.45, 7) is 4.72. The molecule has 3 rings (SSSR count). The van der Waals surface area contributed by atoms with Gasteiger partial charge in [-0.1, -0.05) is 12.1 Å². The average molecular weight is 372 g/mol. The Balaban J connectivity index is 1.69. The number of carbonyl (C=O) groups is 2. The number of nitrogens with one attached hydrogen (secondary N) is 1. The molecule has 0 radical (unpaired) electrons. The van der Waals surface area contributed by atoms with Crippen molar-refractivity contribution in [2.24, 2.45) is 0 Å². The number of nitrogens with zero attached hydrogens (tertiary/aromatic N) is 1. The van der Waals surface area contributed by atoms with Crippen LogP contribution in [0.25, 0.3) is 0 Å². The van der Waals surface area contributed by atoms with E-state index in [9.17, 15) is 9.59 Å². The topological polar surface area (TPSA) is 62.6 Å². The van der Waals surface area contributed by atoms with E-state index in [1.54, 1.807) is 46.6 Å². The van der Waals surface area contributed by atoms with Gasteiger partial charge < -0.3 is 14.6 Å². The maximum absolute atomic E-state index is 12.8. The molecule has 0 unspecified atom stereocenters. The standard InChI is InChI=1S/C18H16N2O3S2/c1-2-9-20(12-13-5-4-11-24-13)18(22)15-7-8-16(25-15)19-17(21)14-6-3-10-23-14/h2-8,10-11H,1,9,12H2,(H,19,21). The molecule has 1 N–H and O–H groups in total. The smallest absolute Gasteiger partial charge is 0.291 e. The SMILES string of the molecule is C=CCN(Cc1cccs1)C(=O)c1ccc(NC(=O)c2ccco2)s1. The minimum absolute atomic E-state index is 0.0863. The van der Waals surface area contributed by atoms with Gasteiger partial charge in [-0.2, -0.15) is 0 Å². The number of hydrogen-bond acceptors (Lipinski definition) is 5. The lowest BCUT2D eigenvalue weighted by molar-refractivity contribution is 0.0769. The maximum atomic E-state index is 12.8. The predicted molar refractivity (Wildman–Crippen MR) is 100 cm³/mol. The molecule has 0 aliphatic carbocycles. The van der Waals surface area contributed by atoms with Gasteiger partial charge in [0.05, 0.1) is 22.7 Å². The zero-order valence-corrected chi connectivity index (χ0v) is 14.9. The van der Waals surface area contributed by atoms with Crippen LogP contribution in [0.3, 0.4) is 0 Å². The van der Waals surface area contributed by atoms with Crippen LogP contribution in [-0.4, -0.2) is 23.3 Å². The van der Waals surface area contributed by atoms with Crippen molar-refractivity contribution in [2.75, 3.05) is 11.9 Å². The molecule has 25 heavy (non-hydrogen) atoms. The van der Waals surface area contributed by atoms with E-state index in [1.807, 2.05) is 17.5 Å². The molecule has 5 nitrogen and oxygen atoms in total. The summed E-state index contributed by atoms with van der Waals surface area (Å²) in [4.78, 5) is 28.1. The predicted octanol–water partition coefficient (Wildman–Crippen LogP) is 4.48. The van der Waals surface area contributed by atoms with Gasteiger partial charge in [-0.25, -0.2) is 0 Å². The Bertz CT molecular complexity index is 851. The van der Waals surface area contributed by atoms with Crippen LogP contribution >= 0.6 is 22.7 Å². The molecule has 0 fully saturated rings. The summed E-state index contributed by atoms with van der Waals surface area (Å²) in [5, 5.41) is 5.32. The summed E-state index contributed by atoms with van der Waals surface area (Å²) in [5.74, 6) is -0.198. The minimum atomic E-state index is -0.340. The molecule has 0 spiro atoms. The van der Waals surface area contributed by atoms with Crippen molar-refractivity contribution in [1.82, 2.24) is 4.90 Å². The van der Waals surface area contributed by atoms with Crippen LogP contribution in [0.2, 0.25) is 0 Å². The Morgan fingerprint density at radius 2 is 2.12 bits per heavy atom. The highest BCUT2D eigenvalue weighted by atomic mass is 32.1. The van der Waals surface area contributed by atoms with Crippen LogP contribution in [0.1, 0.15) is 25.1 Å². The van der Waals surface area contributed by atoms with Crippen molar-refractivity contribution in [3.63, 3.8) is 0 Å². The van der Waals surface area contributed by atoms with Gasteiger partial charge >= 0.3 is 0 Å². The van der Waals surface area contributed by atoms with E-state index in [0.717, 1.165) is 4.88 Å². The third kappa shape index (κ3) is 4.26. The molecule has 0 aliphatic heterocycles.